The van der Waals surface area contributed by atoms with Gasteiger partial charge in [0.2, 0.25) is 29.7 Å². The van der Waals surface area contributed by atoms with Gasteiger partial charge in [0.05, 0.1) is 0 Å². The fourth-order valence-corrected chi connectivity index (χ4v) is 1.30. The highest BCUT2D eigenvalue weighted by atomic mass is 32.1. The van der Waals surface area contributed by atoms with Crippen molar-refractivity contribution in [3.8, 4) is 0 Å². The zero-order valence-electron chi connectivity index (χ0n) is 8.84. The third-order valence-electron chi connectivity index (χ3n) is 1.41. The summed E-state index contributed by atoms with van der Waals surface area (Å²) in [6.45, 7) is -1.74. The summed E-state index contributed by atoms with van der Waals surface area (Å²) in [5.74, 6) is -2.14. The zero-order valence-corrected chi connectivity index (χ0v) is 9.66. The molecule has 104 valence electrons. The number of oxime groups is 1. The molecule has 0 aliphatic heterocycles. The van der Waals surface area contributed by atoms with Crippen LogP contribution < -0.4 is 5.32 Å². The number of halogens is 3. The molecule has 0 radical (unpaired) electrons. The first-order valence-corrected chi connectivity index (χ1v) is 5.15. The van der Waals surface area contributed by atoms with E-state index in [-0.39, 0.29) is 11.5 Å². The average Bonchev–Trinajstić information content (AvgIpc) is 2.71. The summed E-state index contributed by atoms with van der Waals surface area (Å²) < 4.78 is 38.9. The van der Waals surface area contributed by atoms with Crippen molar-refractivity contribution < 1.29 is 32.7 Å². The van der Waals surface area contributed by atoms with E-state index in [9.17, 15) is 22.8 Å². The van der Waals surface area contributed by atoms with Crippen LogP contribution in [0.15, 0.2) is 5.16 Å². The predicted octanol–water partition coefficient (Wildman–Crippen LogP) is 0.474. The molecule has 8 nitrogen and oxygen atoms in total. The van der Waals surface area contributed by atoms with Crippen molar-refractivity contribution >= 4 is 34.8 Å². The Balaban J connectivity index is 2.84. The van der Waals surface area contributed by atoms with Gasteiger partial charge < -0.3 is 15.3 Å². The molecule has 2 N–H and O–H groups in total. The Morgan fingerprint density at radius 2 is 2.26 bits per heavy atom. The van der Waals surface area contributed by atoms with E-state index in [0.717, 1.165) is 0 Å². The quantitative estimate of drug-likeness (QED) is 0.448. The number of anilines is 1. The van der Waals surface area contributed by atoms with Gasteiger partial charge in [-0.1, -0.05) is 5.16 Å². The maximum Gasteiger partial charge on any atom is 0.425 e. The lowest BCUT2D eigenvalue weighted by Crippen LogP contribution is -2.20. The van der Waals surface area contributed by atoms with Gasteiger partial charge in [0, 0.05) is 11.5 Å². The topological polar surface area (TPSA) is 114 Å². The van der Waals surface area contributed by atoms with Gasteiger partial charge in [-0.2, -0.15) is 22.5 Å². The largest absolute Gasteiger partial charge is 0.476 e. The highest BCUT2D eigenvalue weighted by Gasteiger charge is 2.29. The van der Waals surface area contributed by atoms with Crippen LogP contribution >= 0.6 is 11.5 Å². The smallest absolute Gasteiger partial charge is 0.425 e. The van der Waals surface area contributed by atoms with Gasteiger partial charge in [-0.3, -0.25) is 4.79 Å². The van der Waals surface area contributed by atoms with Gasteiger partial charge in [-0.25, -0.2) is 4.79 Å². The van der Waals surface area contributed by atoms with Crippen LogP contribution in [-0.2, 0) is 14.4 Å². The summed E-state index contributed by atoms with van der Waals surface area (Å²) in [7, 11) is 0. The molecule has 0 fully saturated rings. The van der Waals surface area contributed by atoms with Crippen LogP contribution in [0.4, 0.5) is 18.3 Å². The van der Waals surface area contributed by atoms with E-state index in [1.165, 1.54) is 0 Å². The number of aliphatic carboxylic acids is 1. The average molecular weight is 298 g/mol. The van der Waals surface area contributed by atoms with Crippen molar-refractivity contribution in [2.75, 3.05) is 11.9 Å². The van der Waals surface area contributed by atoms with Crippen LogP contribution in [0.2, 0.25) is 0 Å². The van der Waals surface area contributed by atoms with E-state index in [4.69, 9.17) is 5.11 Å². The predicted molar refractivity (Wildman–Crippen MR) is 55.8 cm³/mol. The van der Waals surface area contributed by atoms with E-state index in [0.29, 0.717) is 11.5 Å². The summed E-state index contributed by atoms with van der Waals surface area (Å²) in [5.41, 5.74) is -0.903. The Morgan fingerprint density at radius 3 is 2.79 bits per heavy atom. The number of hydrogen-bond donors (Lipinski definition) is 2. The number of rotatable bonds is 6. The van der Waals surface area contributed by atoms with Crippen LogP contribution in [0.25, 0.3) is 0 Å². The van der Waals surface area contributed by atoms with E-state index in [1.54, 1.807) is 0 Å². The molecule has 0 aliphatic carbocycles. The van der Waals surface area contributed by atoms with E-state index in [2.05, 4.69) is 24.7 Å². The van der Waals surface area contributed by atoms with Crippen LogP contribution in [0, 0.1) is 0 Å². The third-order valence-corrected chi connectivity index (χ3v) is 2.05. The number of alkyl halides is 3. The van der Waals surface area contributed by atoms with Crippen molar-refractivity contribution in [1.82, 2.24) is 9.36 Å². The summed E-state index contributed by atoms with van der Waals surface area (Å²) in [5, 5.41) is 13.6. The van der Waals surface area contributed by atoms with E-state index < -0.39 is 30.3 Å². The second-order valence-corrected chi connectivity index (χ2v) is 3.57. The molecule has 0 bridgehead atoms. The molecule has 19 heavy (non-hydrogen) atoms. The maximum absolute atomic E-state index is 11.8. The molecule has 0 atom stereocenters. The first-order chi connectivity index (χ1) is 8.83. The van der Waals surface area contributed by atoms with Gasteiger partial charge in [0.15, 0.2) is 0 Å². The Kier molecular flexibility index (Phi) is 4.74. The number of carboxylic acids is 1. The van der Waals surface area contributed by atoms with Gasteiger partial charge in [0.1, 0.15) is 0 Å². The summed E-state index contributed by atoms with van der Waals surface area (Å²) in [4.78, 5) is 28.3. The molecule has 0 aliphatic rings. The minimum atomic E-state index is -4.65. The Bertz CT molecular complexity index is 501. The van der Waals surface area contributed by atoms with Gasteiger partial charge in [0.25, 0.3) is 0 Å². The highest BCUT2D eigenvalue weighted by Crippen LogP contribution is 2.15. The van der Waals surface area contributed by atoms with Crippen molar-refractivity contribution in [2.24, 2.45) is 5.16 Å². The number of aromatic nitrogens is 2. The van der Waals surface area contributed by atoms with Crippen LogP contribution in [0.5, 0.6) is 0 Å². The number of nitrogens with zero attached hydrogens (tertiary/aromatic N) is 3. The molecule has 0 saturated heterocycles. The lowest BCUT2D eigenvalue weighted by Gasteiger charge is -2.03. The standard InChI is InChI=1S/C7H5F3N4O4S/c8-7(9,10)1-18-13-3(5(16)17)4-12-6(11-2-15)19-14-4/h2H,1H2,(H,16,17)(H,11,12,14,15). The van der Waals surface area contributed by atoms with Crippen molar-refractivity contribution in [1.29, 1.82) is 0 Å². The minimum Gasteiger partial charge on any atom is -0.476 e. The van der Waals surface area contributed by atoms with E-state index >= 15 is 0 Å². The van der Waals surface area contributed by atoms with Gasteiger partial charge in [-0.05, 0) is 0 Å². The highest BCUT2D eigenvalue weighted by molar-refractivity contribution is 7.10. The lowest BCUT2D eigenvalue weighted by molar-refractivity contribution is -0.174. The van der Waals surface area contributed by atoms with Crippen LogP contribution in [0.3, 0.4) is 0 Å². The normalized spacial score (nSPS) is 12.1. The Hall–Kier alpha value is -2.24. The first kappa shape index (κ1) is 14.8. The fourth-order valence-electron chi connectivity index (χ4n) is 0.774. The van der Waals surface area contributed by atoms with Crippen LogP contribution in [0.1, 0.15) is 5.82 Å². The molecule has 0 saturated carbocycles. The van der Waals surface area contributed by atoms with E-state index in [1.807, 2.05) is 0 Å². The molecule has 1 aromatic rings. The molecular weight excluding hydrogens is 293 g/mol. The molecule has 1 aromatic heterocycles. The molecular formula is C7H5F3N4O4S. The summed E-state index contributed by atoms with van der Waals surface area (Å²) in [6.07, 6.45) is -4.37. The molecule has 12 heteroatoms. The second-order valence-electron chi connectivity index (χ2n) is 2.82. The fraction of sp³-hybridized carbons (Fsp3) is 0.286. The van der Waals surface area contributed by atoms with Crippen molar-refractivity contribution in [2.45, 2.75) is 6.18 Å². The van der Waals surface area contributed by atoms with Gasteiger partial charge >= 0.3 is 12.1 Å². The Morgan fingerprint density at radius 1 is 1.58 bits per heavy atom. The Labute approximate surface area is 107 Å². The molecule has 0 unspecified atom stereocenters. The number of nitrogens with one attached hydrogen (secondary N) is 1. The summed E-state index contributed by atoms with van der Waals surface area (Å²) >= 11 is 0.633. The second kappa shape index (κ2) is 6.08. The first-order valence-electron chi connectivity index (χ1n) is 4.37. The number of carboxylic acid groups (broad SMARTS) is 1. The minimum absolute atomic E-state index is 0.0326. The SMILES string of the molecule is O=CNc1nc(C(=NOCC(F)(F)F)C(=O)O)ns1. The van der Waals surface area contributed by atoms with Crippen molar-refractivity contribution in [3.05, 3.63) is 5.82 Å². The molecule has 1 amide bonds. The van der Waals surface area contributed by atoms with Gasteiger partial charge in [-0.15, -0.1) is 0 Å². The number of carbonyl (C=O) groups is 2. The molecule has 1 heterocycles. The van der Waals surface area contributed by atoms with Crippen LogP contribution in [-0.4, -0.2) is 45.3 Å². The molecule has 0 aromatic carbocycles. The summed E-state index contributed by atoms with van der Waals surface area (Å²) in [6, 6.07) is 0. The number of amides is 1. The van der Waals surface area contributed by atoms with Crippen molar-refractivity contribution in [3.63, 3.8) is 0 Å². The monoisotopic (exact) mass is 298 g/mol. The lowest BCUT2D eigenvalue weighted by atomic mass is 10.4. The molecule has 0 spiro atoms. The zero-order chi connectivity index (χ0) is 14.5. The third kappa shape index (κ3) is 4.87. The molecule has 1 rings (SSSR count). The number of carbonyl (C=O) groups excluding carboxylic acids is 1. The maximum atomic E-state index is 11.8. The number of hydrogen-bond acceptors (Lipinski definition) is 7.